The van der Waals surface area contributed by atoms with Crippen molar-refractivity contribution < 1.29 is 9.28 Å². The number of quaternary nitrogens is 1. The van der Waals surface area contributed by atoms with Crippen LogP contribution in [0.15, 0.2) is 24.3 Å². The van der Waals surface area contributed by atoms with E-state index in [1.165, 1.54) is 128 Å². The number of carbonyl (C=O) groups is 1. The summed E-state index contributed by atoms with van der Waals surface area (Å²) in [4.78, 5) is 12.6. The fourth-order valence-electron chi connectivity index (χ4n) is 5.18. The lowest BCUT2D eigenvalue weighted by atomic mass is 10.0. The fraction of sp³-hybridized carbons (Fsp3) is 0.788. The number of unbranched alkanes of at least 4 members (excludes halogenated alkanes) is 17. The predicted octanol–water partition coefficient (Wildman–Crippen LogP) is 10.3. The Hall–Kier alpha value is -1.15. The monoisotopic (exact) mass is 486 g/mol. The zero-order chi connectivity index (χ0) is 25.6. The highest BCUT2D eigenvalue weighted by Gasteiger charge is 2.16. The molecule has 0 N–H and O–H groups in total. The first kappa shape index (κ1) is 31.9. The zero-order valence-electron chi connectivity index (χ0n) is 24.2. The maximum Gasteiger partial charge on any atom is 0.162 e. The normalized spacial score (nSPS) is 11.8. The molecule has 0 saturated heterocycles. The molecule has 0 saturated carbocycles. The molecule has 2 nitrogen and oxygen atoms in total. The first-order chi connectivity index (χ1) is 17.0. The van der Waals surface area contributed by atoms with Crippen LogP contribution in [0.4, 0.5) is 0 Å². The smallest absolute Gasteiger partial charge is 0.162 e. The molecule has 202 valence electrons. The molecule has 0 bridgehead atoms. The van der Waals surface area contributed by atoms with Crippen molar-refractivity contribution in [2.24, 2.45) is 0 Å². The van der Waals surface area contributed by atoms with Crippen LogP contribution in [0.5, 0.6) is 0 Å². The minimum Gasteiger partial charge on any atom is -0.325 e. The molecule has 0 aliphatic heterocycles. The van der Waals surface area contributed by atoms with E-state index in [1.54, 1.807) is 0 Å². The van der Waals surface area contributed by atoms with Gasteiger partial charge in [-0.1, -0.05) is 135 Å². The molecule has 0 spiro atoms. The second-order valence-corrected chi connectivity index (χ2v) is 11.7. The maximum atomic E-state index is 12.6. The predicted molar refractivity (Wildman–Crippen MR) is 155 cm³/mol. The van der Waals surface area contributed by atoms with Crippen LogP contribution in [0.3, 0.4) is 0 Å². The average molecular weight is 487 g/mol. The lowest BCUT2D eigenvalue weighted by Crippen LogP contribution is -2.39. The molecule has 0 aliphatic carbocycles. The number of nitrogens with zero attached hydrogens (tertiary/aromatic N) is 1. The highest BCUT2D eigenvalue weighted by molar-refractivity contribution is 5.96. The fourth-order valence-corrected chi connectivity index (χ4v) is 5.18. The van der Waals surface area contributed by atoms with Crippen molar-refractivity contribution in [2.45, 2.75) is 149 Å². The van der Waals surface area contributed by atoms with E-state index in [4.69, 9.17) is 0 Å². The van der Waals surface area contributed by atoms with Crippen molar-refractivity contribution in [3.8, 4) is 0 Å². The number of Topliss-reactive ketones (excluding diaryl/α,β-unsaturated/α-hetero) is 1. The summed E-state index contributed by atoms with van der Waals surface area (Å²) >= 11 is 0. The molecular weight excluding hydrogens is 426 g/mol. The van der Waals surface area contributed by atoms with E-state index in [0.29, 0.717) is 12.2 Å². The summed E-state index contributed by atoms with van der Waals surface area (Å²) in [6, 6.07) is 8.43. The van der Waals surface area contributed by atoms with Crippen LogP contribution in [0, 0.1) is 0 Å². The minimum atomic E-state index is 0.320. The van der Waals surface area contributed by atoms with Crippen molar-refractivity contribution in [3.63, 3.8) is 0 Å². The number of ketones is 1. The third-order valence-electron chi connectivity index (χ3n) is 7.48. The van der Waals surface area contributed by atoms with Crippen LogP contribution in [0.1, 0.15) is 158 Å². The maximum absolute atomic E-state index is 12.6. The summed E-state index contributed by atoms with van der Waals surface area (Å²) in [7, 11) is 4.68. The van der Waals surface area contributed by atoms with Crippen molar-refractivity contribution in [1.29, 1.82) is 0 Å². The molecule has 2 heteroatoms. The second-order valence-electron chi connectivity index (χ2n) is 11.7. The molecule has 0 radical (unpaired) electrons. The van der Waals surface area contributed by atoms with Gasteiger partial charge in [-0.15, -0.1) is 0 Å². The van der Waals surface area contributed by atoms with Crippen LogP contribution >= 0.6 is 0 Å². The molecule has 0 unspecified atom stereocenters. The highest BCUT2D eigenvalue weighted by atomic mass is 16.1. The number of carbonyl (C=O) groups excluding carboxylic acids is 1. The summed E-state index contributed by atoms with van der Waals surface area (Å²) < 4.78 is 1.01. The quantitative estimate of drug-likeness (QED) is 0.0806. The molecule has 0 fully saturated rings. The third-order valence-corrected chi connectivity index (χ3v) is 7.48. The van der Waals surface area contributed by atoms with Gasteiger partial charge in [-0.2, -0.15) is 0 Å². The molecule has 0 amide bonds. The lowest BCUT2D eigenvalue weighted by Gasteiger charge is -2.30. The first-order valence-corrected chi connectivity index (χ1v) is 15.4. The van der Waals surface area contributed by atoms with E-state index < -0.39 is 0 Å². The Morgan fingerprint density at radius 2 is 1.09 bits per heavy atom. The molecule has 0 heterocycles. The van der Waals surface area contributed by atoms with E-state index in [-0.39, 0.29) is 0 Å². The Morgan fingerprint density at radius 1 is 0.629 bits per heavy atom. The van der Waals surface area contributed by atoms with Gasteiger partial charge in [-0.05, 0) is 25.3 Å². The Labute approximate surface area is 219 Å². The van der Waals surface area contributed by atoms with Gasteiger partial charge in [0, 0.05) is 17.5 Å². The standard InChI is InChI=1S/C33H60NO/c1-5-7-9-11-12-13-14-15-16-17-18-19-21-23-28-34(3,4)30-31-25-24-26-32(29-31)33(35)27-22-20-10-8-6-2/h24-26,29H,5-23,27-28,30H2,1-4H3/q+1. The van der Waals surface area contributed by atoms with Crippen molar-refractivity contribution >= 4 is 5.78 Å². The van der Waals surface area contributed by atoms with E-state index in [9.17, 15) is 4.79 Å². The summed E-state index contributed by atoms with van der Waals surface area (Å²) in [5.41, 5.74) is 2.21. The molecular formula is C33H60NO+. The average Bonchev–Trinajstić information content (AvgIpc) is 2.84. The molecule has 1 aromatic rings. The van der Waals surface area contributed by atoms with Gasteiger partial charge in [-0.25, -0.2) is 0 Å². The highest BCUT2D eigenvalue weighted by Crippen LogP contribution is 2.17. The Balaban J connectivity index is 2.13. The van der Waals surface area contributed by atoms with Gasteiger partial charge < -0.3 is 4.48 Å². The number of hydrogen-bond donors (Lipinski definition) is 0. The lowest BCUT2D eigenvalue weighted by molar-refractivity contribution is -0.903. The topological polar surface area (TPSA) is 17.1 Å². The second kappa shape index (κ2) is 21.0. The third kappa shape index (κ3) is 17.9. The molecule has 0 aromatic heterocycles. The molecule has 1 aromatic carbocycles. The number of benzene rings is 1. The Morgan fingerprint density at radius 3 is 1.60 bits per heavy atom. The van der Waals surface area contributed by atoms with E-state index in [1.807, 2.05) is 6.07 Å². The van der Waals surface area contributed by atoms with Gasteiger partial charge in [0.1, 0.15) is 6.54 Å². The van der Waals surface area contributed by atoms with Gasteiger partial charge in [0.05, 0.1) is 20.6 Å². The largest absolute Gasteiger partial charge is 0.325 e. The van der Waals surface area contributed by atoms with Crippen LogP contribution < -0.4 is 0 Å². The van der Waals surface area contributed by atoms with Crippen LogP contribution in [-0.4, -0.2) is 30.9 Å². The first-order valence-electron chi connectivity index (χ1n) is 15.4. The number of rotatable bonds is 24. The molecule has 0 aliphatic rings. The summed E-state index contributed by atoms with van der Waals surface area (Å²) in [6.07, 6.45) is 26.5. The molecule has 35 heavy (non-hydrogen) atoms. The van der Waals surface area contributed by atoms with Crippen molar-refractivity contribution in [1.82, 2.24) is 0 Å². The van der Waals surface area contributed by atoms with Crippen molar-refractivity contribution in [3.05, 3.63) is 35.4 Å². The summed E-state index contributed by atoms with van der Waals surface area (Å²) in [6.45, 7) is 6.75. The van der Waals surface area contributed by atoms with Crippen LogP contribution in [-0.2, 0) is 6.54 Å². The summed E-state index contributed by atoms with van der Waals surface area (Å²) in [5.74, 6) is 0.320. The zero-order valence-corrected chi connectivity index (χ0v) is 24.2. The molecule has 0 atom stereocenters. The van der Waals surface area contributed by atoms with Gasteiger partial charge >= 0.3 is 0 Å². The van der Waals surface area contributed by atoms with Crippen LogP contribution in [0.2, 0.25) is 0 Å². The molecule has 1 rings (SSSR count). The SMILES string of the molecule is CCCCCCCCCCCCCCCC[N+](C)(C)Cc1cccc(C(=O)CCCCCCC)c1. The summed E-state index contributed by atoms with van der Waals surface area (Å²) in [5, 5.41) is 0. The van der Waals surface area contributed by atoms with Crippen molar-refractivity contribution in [2.75, 3.05) is 20.6 Å². The Bertz CT molecular complexity index is 636. The van der Waals surface area contributed by atoms with E-state index >= 15 is 0 Å². The van der Waals surface area contributed by atoms with Gasteiger partial charge in [0.25, 0.3) is 0 Å². The Kier molecular flexibility index (Phi) is 19.1. The minimum absolute atomic E-state index is 0.320. The van der Waals surface area contributed by atoms with Gasteiger partial charge in [-0.3, -0.25) is 4.79 Å². The van der Waals surface area contributed by atoms with E-state index in [2.05, 4.69) is 46.1 Å². The van der Waals surface area contributed by atoms with Crippen LogP contribution in [0.25, 0.3) is 0 Å². The number of hydrogen-bond acceptors (Lipinski definition) is 1. The van der Waals surface area contributed by atoms with Gasteiger partial charge in [0.15, 0.2) is 5.78 Å². The van der Waals surface area contributed by atoms with Gasteiger partial charge in [0.2, 0.25) is 0 Å². The van der Waals surface area contributed by atoms with E-state index in [0.717, 1.165) is 23.0 Å².